The molecule has 0 amide bonds. The minimum absolute atomic E-state index is 0.124. The average Bonchev–Trinajstić information content (AvgIpc) is 2.51. The molecular formula is C20H40O. The maximum Gasteiger partial charge on any atom is 0.0707 e. The predicted molar refractivity (Wildman–Crippen MR) is 93.8 cm³/mol. The molecule has 0 N–H and O–H groups in total. The van der Waals surface area contributed by atoms with Gasteiger partial charge in [-0.15, -0.1) is 0 Å². The normalized spacial score (nSPS) is 21.1. The van der Waals surface area contributed by atoms with Crippen LogP contribution in [0.25, 0.3) is 0 Å². The van der Waals surface area contributed by atoms with Gasteiger partial charge in [-0.1, -0.05) is 71.6 Å². The first-order valence-electron chi connectivity index (χ1n) is 9.79. The number of ether oxygens (including phenoxy) is 1. The second kappa shape index (κ2) is 10.6. The van der Waals surface area contributed by atoms with Crippen LogP contribution in [-0.2, 0) is 4.74 Å². The molecule has 21 heavy (non-hydrogen) atoms. The van der Waals surface area contributed by atoms with Crippen molar-refractivity contribution in [3.8, 4) is 0 Å². The highest BCUT2D eigenvalue weighted by atomic mass is 16.5. The third-order valence-electron chi connectivity index (χ3n) is 5.84. The summed E-state index contributed by atoms with van der Waals surface area (Å²) in [6.45, 7) is 10.2. The summed E-state index contributed by atoms with van der Waals surface area (Å²) in [5.41, 5.74) is 0.124. The van der Waals surface area contributed by atoms with E-state index in [2.05, 4.69) is 27.7 Å². The smallest absolute Gasteiger partial charge is 0.0707 e. The number of unbranched alkanes of at least 4 members (excludes halogenated alkanes) is 5. The minimum atomic E-state index is 0.124. The summed E-state index contributed by atoms with van der Waals surface area (Å²) in [5.74, 6) is 1.49. The van der Waals surface area contributed by atoms with E-state index in [1.54, 1.807) is 0 Å². The van der Waals surface area contributed by atoms with E-state index in [1.165, 1.54) is 77.0 Å². The molecule has 1 saturated carbocycles. The van der Waals surface area contributed by atoms with E-state index in [9.17, 15) is 0 Å². The molecule has 1 aliphatic rings. The van der Waals surface area contributed by atoms with Gasteiger partial charge in [0.1, 0.15) is 0 Å². The van der Waals surface area contributed by atoms with Gasteiger partial charge in [-0.2, -0.15) is 0 Å². The molecule has 1 aliphatic carbocycles. The molecule has 126 valence electrons. The summed E-state index contributed by atoms with van der Waals surface area (Å²) < 4.78 is 6.33. The fourth-order valence-corrected chi connectivity index (χ4v) is 4.17. The summed E-state index contributed by atoms with van der Waals surface area (Å²) in [7, 11) is 0. The van der Waals surface area contributed by atoms with E-state index < -0.39 is 0 Å². The fourth-order valence-electron chi connectivity index (χ4n) is 4.17. The van der Waals surface area contributed by atoms with Crippen molar-refractivity contribution in [3.05, 3.63) is 0 Å². The number of hydrogen-bond donors (Lipinski definition) is 0. The van der Waals surface area contributed by atoms with Crippen LogP contribution >= 0.6 is 0 Å². The molecule has 1 fully saturated rings. The zero-order chi connectivity index (χ0) is 15.6. The quantitative estimate of drug-likeness (QED) is 0.383. The first-order chi connectivity index (χ1) is 10.1. The molecule has 0 aromatic carbocycles. The Hall–Kier alpha value is -0.0400. The topological polar surface area (TPSA) is 9.23 Å². The van der Waals surface area contributed by atoms with Gasteiger partial charge >= 0.3 is 0 Å². The molecule has 1 nitrogen and oxygen atoms in total. The number of hydrogen-bond acceptors (Lipinski definition) is 1. The zero-order valence-electron chi connectivity index (χ0n) is 15.3. The van der Waals surface area contributed by atoms with Gasteiger partial charge in [-0.25, -0.2) is 0 Å². The van der Waals surface area contributed by atoms with Gasteiger partial charge in [-0.05, 0) is 44.9 Å². The van der Waals surface area contributed by atoms with Crippen molar-refractivity contribution in [1.29, 1.82) is 0 Å². The van der Waals surface area contributed by atoms with E-state index in [4.69, 9.17) is 4.74 Å². The average molecular weight is 297 g/mol. The van der Waals surface area contributed by atoms with Crippen LogP contribution in [0.1, 0.15) is 105 Å². The second-order valence-corrected chi connectivity index (χ2v) is 7.41. The Bertz CT molecular complexity index is 244. The molecule has 0 bridgehead atoms. The van der Waals surface area contributed by atoms with Gasteiger partial charge in [0, 0.05) is 6.61 Å². The fraction of sp³-hybridized carbons (Fsp3) is 1.00. The zero-order valence-corrected chi connectivity index (χ0v) is 15.3. The molecule has 0 heterocycles. The van der Waals surface area contributed by atoms with Crippen LogP contribution in [0.4, 0.5) is 0 Å². The van der Waals surface area contributed by atoms with Gasteiger partial charge in [0.05, 0.1) is 5.60 Å². The molecule has 0 radical (unpaired) electrons. The van der Waals surface area contributed by atoms with Gasteiger partial charge in [0.25, 0.3) is 0 Å². The molecule has 0 aromatic rings. The van der Waals surface area contributed by atoms with Crippen molar-refractivity contribution in [2.45, 2.75) is 110 Å². The lowest BCUT2D eigenvalue weighted by Gasteiger charge is -2.44. The Balaban J connectivity index is 2.38. The Labute approximate surface area is 134 Å². The van der Waals surface area contributed by atoms with E-state index in [-0.39, 0.29) is 5.60 Å². The molecule has 2 unspecified atom stereocenters. The summed E-state index contributed by atoms with van der Waals surface area (Å²) in [4.78, 5) is 0. The van der Waals surface area contributed by atoms with E-state index in [0.717, 1.165) is 12.5 Å². The van der Waals surface area contributed by atoms with Crippen molar-refractivity contribution in [3.63, 3.8) is 0 Å². The van der Waals surface area contributed by atoms with Crippen molar-refractivity contribution in [2.75, 3.05) is 6.61 Å². The summed E-state index contributed by atoms with van der Waals surface area (Å²) in [6.07, 6.45) is 16.8. The Kier molecular flexibility index (Phi) is 9.64. The van der Waals surface area contributed by atoms with Crippen LogP contribution in [0.3, 0.4) is 0 Å². The molecule has 1 rings (SSSR count). The van der Waals surface area contributed by atoms with Crippen molar-refractivity contribution >= 4 is 0 Å². The maximum atomic E-state index is 6.33. The van der Waals surface area contributed by atoms with Crippen LogP contribution in [0, 0.1) is 11.8 Å². The molecule has 0 aromatic heterocycles. The summed E-state index contributed by atoms with van der Waals surface area (Å²) >= 11 is 0. The summed E-state index contributed by atoms with van der Waals surface area (Å²) in [6, 6.07) is 0. The molecule has 0 spiro atoms. The van der Waals surface area contributed by atoms with Crippen LogP contribution in [0.2, 0.25) is 0 Å². The lowest BCUT2D eigenvalue weighted by Crippen LogP contribution is -2.44. The lowest BCUT2D eigenvalue weighted by atomic mass is 9.70. The predicted octanol–water partition coefficient (Wildman–Crippen LogP) is 6.75. The SMILES string of the molecule is CCCCCCCCC(C)C(C)(OCC)C1CCCCC1. The second-order valence-electron chi connectivity index (χ2n) is 7.41. The highest BCUT2D eigenvalue weighted by Crippen LogP contribution is 2.41. The lowest BCUT2D eigenvalue weighted by molar-refractivity contribution is -0.116. The third kappa shape index (κ3) is 6.30. The number of rotatable bonds is 11. The largest absolute Gasteiger partial charge is 0.375 e. The first kappa shape index (κ1) is 19.0. The molecular weight excluding hydrogens is 256 g/mol. The molecule has 1 heteroatoms. The van der Waals surface area contributed by atoms with Gasteiger partial charge in [0.2, 0.25) is 0 Å². The molecule has 2 atom stereocenters. The van der Waals surface area contributed by atoms with E-state index in [1.807, 2.05) is 0 Å². The molecule has 0 aliphatic heterocycles. The van der Waals surface area contributed by atoms with Crippen molar-refractivity contribution in [1.82, 2.24) is 0 Å². The van der Waals surface area contributed by atoms with Crippen molar-refractivity contribution in [2.24, 2.45) is 11.8 Å². The Morgan fingerprint density at radius 3 is 2.19 bits per heavy atom. The van der Waals surface area contributed by atoms with Gasteiger partial charge in [0.15, 0.2) is 0 Å². The van der Waals surface area contributed by atoms with Crippen molar-refractivity contribution < 1.29 is 4.74 Å². The maximum absolute atomic E-state index is 6.33. The monoisotopic (exact) mass is 296 g/mol. The van der Waals surface area contributed by atoms with E-state index >= 15 is 0 Å². The third-order valence-corrected chi connectivity index (χ3v) is 5.84. The van der Waals surface area contributed by atoms with Crippen LogP contribution in [-0.4, -0.2) is 12.2 Å². The Morgan fingerprint density at radius 1 is 0.952 bits per heavy atom. The minimum Gasteiger partial charge on any atom is -0.375 e. The standard InChI is InChI=1S/C20H40O/c1-5-7-8-9-10-12-15-18(3)20(4,21-6-2)19-16-13-11-14-17-19/h18-19H,5-17H2,1-4H3. The van der Waals surface area contributed by atoms with Gasteiger partial charge < -0.3 is 4.74 Å². The van der Waals surface area contributed by atoms with Gasteiger partial charge in [-0.3, -0.25) is 0 Å². The van der Waals surface area contributed by atoms with Crippen LogP contribution in [0.15, 0.2) is 0 Å². The molecule has 0 saturated heterocycles. The first-order valence-corrected chi connectivity index (χ1v) is 9.79. The van der Waals surface area contributed by atoms with Crippen LogP contribution in [0.5, 0.6) is 0 Å². The van der Waals surface area contributed by atoms with Crippen LogP contribution < -0.4 is 0 Å². The summed E-state index contributed by atoms with van der Waals surface area (Å²) in [5, 5.41) is 0. The highest BCUT2D eigenvalue weighted by molar-refractivity contribution is 4.90. The van der Waals surface area contributed by atoms with E-state index in [0.29, 0.717) is 5.92 Å². The highest BCUT2D eigenvalue weighted by Gasteiger charge is 2.39. The Morgan fingerprint density at radius 2 is 1.57 bits per heavy atom.